The second-order valence-corrected chi connectivity index (χ2v) is 8.02. The van der Waals surface area contributed by atoms with E-state index in [2.05, 4.69) is 33.2 Å². The number of hydrazine groups is 1. The number of hydrogen-bond acceptors (Lipinski definition) is 5. The van der Waals surface area contributed by atoms with Gasteiger partial charge < -0.3 is 10.1 Å². The molecule has 6 heteroatoms. The molecular weight excluding hydrogens is 364 g/mol. The molecule has 2 saturated heterocycles. The molecular formula is C23H30N4O2. The molecule has 0 saturated carbocycles. The molecule has 2 fully saturated rings. The van der Waals surface area contributed by atoms with E-state index in [0.29, 0.717) is 12.2 Å². The zero-order valence-electron chi connectivity index (χ0n) is 17.2. The Morgan fingerprint density at radius 1 is 1.10 bits per heavy atom. The Balaban J connectivity index is 1.26. The summed E-state index contributed by atoms with van der Waals surface area (Å²) in [7, 11) is 1.69. The summed E-state index contributed by atoms with van der Waals surface area (Å²) in [6.07, 6.45) is 3.29. The molecule has 0 aliphatic carbocycles. The van der Waals surface area contributed by atoms with E-state index in [4.69, 9.17) is 4.74 Å². The fraction of sp³-hybridized carbons (Fsp3) is 0.435. The first-order chi connectivity index (χ1) is 14.1. The first kappa shape index (κ1) is 19.9. The monoisotopic (exact) mass is 394 g/mol. The zero-order valence-corrected chi connectivity index (χ0v) is 17.2. The predicted molar refractivity (Wildman–Crippen MR) is 114 cm³/mol. The molecule has 3 N–H and O–H groups in total. The fourth-order valence-electron chi connectivity index (χ4n) is 4.24. The Bertz CT molecular complexity index is 831. The number of rotatable bonds is 5. The minimum Gasteiger partial charge on any atom is -0.497 e. The second kappa shape index (κ2) is 8.95. The summed E-state index contributed by atoms with van der Waals surface area (Å²) in [4.78, 5) is 15.0. The molecule has 2 aliphatic heterocycles. The summed E-state index contributed by atoms with van der Waals surface area (Å²) in [5, 5.41) is 3.21. The summed E-state index contributed by atoms with van der Waals surface area (Å²) >= 11 is 0. The molecule has 0 spiro atoms. The smallest absolute Gasteiger partial charge is 0.251 e. The van der Waals surface area contributed by atoms with Crippen LogP contribution in [0.1, 0.15) is 46.8 Å². The summed E-state index contributed by atoms with van der Waals surface area (Å²) in [6.45, 7) is 3.97. The van der Waals surface area contributed by atoms with Gasteiger partial charge in [-0.1, -0.05) is 29.8 Å². The van der Waals surface area contributed by atoms with Crippen LogP contribution >= 0.6 is 0 Å². The van der Waals surface area contributed by atoms with E-state index in [1.165, 1.54) is 5.56 Å². The summed E-state index contributed by atoms with van der Waals surface area (Å²) in [6, 6.07) is 16.6. The molecule has 0 radical (unpaired) electrons. The number of methoxy groups -OCH3 is 1. The molecule has 2 atom stereocenters. The standard InChI is InChI=1S/C23H30N4O2/c1-16-4-3-5-18(14-16)23(28)24-19-10-12-27(13-11-19)22-15-21(25-26-22)17-6-8-20(29-2)9-7-17/h3-9,14,19,21-22,25-26H,10-13,15H2,1-2H3,(H,24,28). The second-order valence-electron chi connectivity index (χ2n) is 8.02. The summed E-state index contributed by atoms with van der Waals surface area (Å²) in [5.74, 6) is 0.915. The van der Waals surface area contributed by atoms with E-state index >= 15 is 0 Å². The number of nitrogens with one attached hydrogen (secondary N) is 3. The van der Waals surface area contributed by atoms with E-state index in [1.54, 1.807) is 7.11 Å². The molecule has 2 aliphatic rings. The molecule has 154 valence electrons. The number of amides is 1. The third-order valence-electron chi connectivity index (χ3n) is 5.99. The lowest BCUT2D eigenvalue weighted by Gasteiger charge is -2.35. The molecule has 2 unspecified atom stereocenters. The molecule has 2 heterocycles. The minimum absolute atomic E-state index is 0.0346. The Morgan fingerprint density at radius 3 is 2.55 bits per heavy atom. The quantitative estimate of drug-likeness (QED) is 0.728. The van der Waals surface area contributed by atoms with Crippen LogP contribution in [0, 0.1) is 6.92 Å². The molecule has 6 nitrogen and oxygen atoms in total. The maximum atomic E-state index is 12.5. The average Bonchev–Trinajstić information content (AvgIpc) is 3.24. The van der Waals surface area contributed by atoms with Gasteiger partial charge in [0.05, 0.1) is 13.3 Å². The Hall–Kier alpha value is -2.41. The molecule has 0 bridgehead atoms. The predicted octanol–water partition coefficient (Wildman–Crippen LogP) is 2.76. The van der Waals surface area contributed by atoms with Gasteiger partial charge in [0, 0.05) is 30.7 Å². The number of nitrogens with zero attached hydrogens (tertiary/aromatic N) is 1. The maximum Gasteiger partial charge on any atom is 0.251 e. The zero-order chi connectivity index (χ0) is 20.2. The van der Waals surface area contributed by atoms with Gasteiger partial charge in [0.1, 0.15) is 5.75 Å². The van der Waals surface area contributed by atoms with Gasteiger partial charge in [-0.05, 0) is 56.0 Å². The van der Waals surface area contributed by atoms with Crippen molar-refractivity contribution in [3.63, 3.8) is 0 Å². The van der Waals surface area contributed by atoms with Crippen LogP contribution in [-0.4, -0.2) is 43.2 Å². The van der Waals surface area contributed by atoms with Gasteiger partial charge in [0.25, 0.3) is 5.91 Å². The van der Waals surface area contributed by atoms with Crippen LogP contribution in [0.15, 0.2) is 48.5 Å². The van der Waals surface area contributed by atoms with E-state index in [9.17, 15) is 4.79 Å². The van der Waals surface area contributed by atoms with Crippen molar-refractivity contribution < 1.29 is 9.53 Å². The Labute approximate surface area is 172 Å². The van der Waals surface area contributed by atoms with E-state index in [0.717, 1.165) is 49.2 Å². The number of piperidine rings is 1. The normalized spacial score (nSPS) is 23.1. The third kappa shape index (κ3) is 4.78. The molecule has 1 amide bonds. The van der Waals surface area contributed by atoms with Crippen molar-refractivity contribution in [2.75, 3.05) is 20.2 Å². The van der Waals surface area contributed by atoms with Gasteiger partial charge in [-0.25, -0.2) is 10.9 Å². The highest BCUT2D eigenvalue weighted by molar-refractivity contribution is 5.94. The number of benzene rings is 2. The summed E-state index contributed by atoms with van der Waals surface area (Å²) in [5.41, 5.74) is 10.00. The molecule has 0 aromatic heterocycles. The van der Waals surface area contributed by atoms with Gasteiger partial charge in [0.2, 0.25) is 0 Å². The van der Waals surface area contributed by atoms with Gasteiger partial charge in [-0.2, -0.15) is 0 Å². The van der Waals surface area contributed by atoms with E-state index in [-0.39, 0.29) is 11.9 Å². The van der Waals surface area contributed by atoms with Crippen molar-refractivity contribution in [3.05, 3.63) is 65.2 Å². The molecule has 2 aromatic carbocycles. The first-order valence-corrected chi connectivity index (χ1v) is 10.4. The van der Waals surface area contributed by atoms with Crippen LogP contribution < -0.4 is 20.9 Å². The molecule has 29 heavy (non-hydrogen) atoms. The largest absolute Gasteiger partial charge is 0.497 e. The van der Waals surface area contributed by atoms with E-state index in [1.807, 2.05) is 43.3 Å². The van der Waals surface area contributed by atoms with Crippen LogP contribution in [0.2, 0.25) is 0 Å². The number of likely N-dealkylation sites (tertiary alicyclic amines) is 1. The Kier molecular flexibility index (Phi) is 6.13. The van der Waals surface area contributed by atoms with Crippen LogP contribution in [0.3, 0.4) is 0 Å². The van der Waals surface area contributed by atoms with Crippen molar-refractivity contribution in [1.29, 1.82) is 0 Å². The van der Waals surface area contributed by atoms with Crippen LogP contribution in [0.25, 0.3) is 0 Å². The third-order valence-corrected chi connectivity index (χ3v) is 5.99. The Morgan fingerprint density at radius 2 is 1.86 bits per heavy atom. The van der Waals surface area contributed by atoms with Crippen LogP contribution in [0.5, 0.6) is 5.75 Å². The van der Waals surface area contributed by atoms with Gasteiger partial charge >= 0.3 is 0 Å². The van der Waals surface area contributed by atoms with Gasteiger partial charge in [-0.15, -0.1) is 0 Å². The number of carbonyl (C=O) groups excluding carboxylic acids is 1. The average molecular weight is 395 g/mol. The maximum absolute atomic E-state index is 12.5. The SMILES string of the molecule is COc1ccc(C2CC(N3CCC(NC(=O)c4cccc(C)c4)CC3)NN2)cc1. The van der Waals surface area contributed by atoms with Gasteiger partial charge in [-0.3, -0.25) is 9.69 Å². The van der Waals surface area contributed by atoms with Gasteiger partial charge in [0.15, 0.2) is 0 Å². The topological polar surface area (TPSA) is 65.6 Å². The lowest BCUT2D eigenvalue weighted by Crippen LogP contribution is -2.51. The fourth-order valence-corrected chi connectivity index (χ4v) is 4.24. The van der Waals surface area contributed by atoms with E-state index < -0.39 is 0 Å². The lowest BCUT2D eigenvalue weighted by atomic mass is 10.0. The number of aryl methyl sites for hydroxylation is 1. The minimum atomic E-state index is 0.0346. The van der Waals surface area contributed by atoms with Crippen molar-refractivity contribution in [2.45, 2.75) is 44.4 Å². The lowest BCUT2D eigenvalue weighted by molar-refractivity contribution is 0.0880. The van der Waals surface area contributed by atoms with Crippen molar-refractivity contribution in [3.8, 4) is 5.75 Å². The highest BCUT2D eigenvalue weighted by atomic mass is 16.5. The molecule has 4 rings (SSSR count). The number of hydrogen-bond donors (Lipinski definition) is 3. The summed E-state index contributed by atoms with van der Waals surface area (Å²) < 4.78 is 5.25. The van der Waals surface area contributed by atoms with Crippen molar-refractivity contribution >= 4 is 5.91 Å². The molecule has 2 aromatic rings. The highest BCUT2D eigenvalue weighted by Gasteiger charge is 2.32. The van der Waals surface area contributed by atoms with Crippen LogP contribution in [0.4, 0.5) is 0 Å². The van der Waals surface area contributed by atoms with Crippen LogP contribution in [-0.2, 0) is 0 Å². The number of carbonyl (C=O) groups is 1. The highest BCUT2D eigenvalue weighted by Crippen LogP contribution is 2.27. The van der Waals surface area contributed by atoms with Crippen molar-refractivity contribution in [1.82, 2.24) is 21.1 Å². The van der Waals surface area contributed by atoms with Crippen molar-refractivity contribution in [2.24, 2.45) is 0 Å². The number of ether oxygens (including phenoxy) is 1. The first-order valence-electron chi connectivity index (χ1n) is 10.4.